The predicted octanol–water partition coefficient (Wildman–Crippen LogP) is 4.82. The molecule has 1 amide bonds. The van der Waals surface area contributed by atoms with Gasteiger partial charge in [0.2, 0.25) is 0 Å². The average molecular weight is 411 g/mol. The monoisotopic (exact) mass is 410 g/mol. The van der Waals surface area contributed by atoms with E-state index in [2.05, 4.69) is 36.5 Å². The lowest BCUT2D eigenvalue weighted by molar-refractivity contribution is -0.131. The second-order valence-electron chi connectivity index (χ2n) is 6.49. The number of fused-ring (bicyclic) bond motifs is 1. The zero-order chi connectivity index (χ0) is 20.6. The highest BCUT2D eigenvalue weighted by atomic mass is 32.2. The van der Waals surface area contributed by atoms with Gasteiger partial charge in [0.1, 0.15) is 5.03 Å². The van der Waals surface area contributed by atoms with E-state index in [1.54, 1.807) is 11.8 Å². The van der Waals surface area contributed by atoms with Crippen molar-refractivity contribution in [2.24, 2.45) is 0 Å². The first-order valence-corrected chi connectivity index (χ1v) is 10.6. The summed E-state index contributed by atoms with van der Waals surface area (Å²) in [6.07, 6.45) is -0.455. The Kier molecular flexibility index (Phi) is 7.63. The smallest absolute Gasteiger partial charge is 0.252 e. The molecule has 0 saturated carbocycles. The minimum Gasteiger partial charge on any atom is -0.351 e. The molecule has 0 fully saturated rings. The van der Waals surface area contributed by atoms with E-state index >= 15 is 0 Å². The van der Waals surface area contributed by atoms with Gasteiger partial charge >= 0.3 is 0 Å². The Balaban J connectivity index is 1.85. The highest BCUT2D eigenvalue weighted by Gasteiger charge is 2.16. The maximum Gasteiger partial charge on any atom is 0.252 e. The number of hydrogen-bond donors (Lipinski definition) is 1. The topological polar surface area (TPSA) is 60.5 Å². The number of para-hydroxylation sites is 1. The summed E-state index contributed by atoms with van der Waals surface area (Å²) in [5.74, 6) is -0.168. The van der Waals surface area contributed by atoms with Crippen molar-refractivity contribution < 1.29 is 14.3 Å². The molecule has 5 nitrogen and oxygen atoms in total. The fraction of sp³-hybridized carbons (Fsp3) is 0.304. The van der Waals surface area contributed by atoms with Crippen molar-refractivity contribution in [2.45, 2.75) is 37.0 Å². The minimum absolute atomic E-state index is 0.168. The van der Waals surface area contributed by atoms with Gasteiger partial charge in [-0.25, -0.2) is 4.98 Å². The van der Waals surface area contributed by atoms with E-state index in [9.17, 15) is 4.79 Å². The summed E-state index contributed by atoms with van der Waals surface area (Å²) < 4.78 is 11.0. The molecule has 6 heteroatoms. The first kappa shape index (κ1) is 21.3. The molecule has 3 rings (SSSR count). The Hall–Kier alpha value is -2.41. The molecule has 2 aromatic carbocycles. The molecule has 3 aromatic rings. The number of nitrogens with zero attached hydrogens (tertiary/aromatic N) is 1. The Labute approximate surface area is 175 Å². The average Bonchev–Trinajstić information content (AvgIpc) is 2.73. The molecule has 29 heavy (non-hydrogen) atoms. The molecule has 0 radical (unpaired) electrons. The maximum atomic E-state index is 13.0. The summed E-state index contributed by atoms with van der Waals surface area (Å²) in [5.41, 5.74) is 2.59. The van der Waals surface area contributed by atoms with Crippen LogP contribution >= 0.6 is 11.8 Å². The van der Waals surface area contributed by atoms with Crippen molar-refractivity contribution in [2.75, 3.05) is 19.8 Å². The van der Waals surface area contributed by atoms with Crippen molar-refractivity contribution in [1.29, 1.82) is 0 Å². The SMILES string of the molecule is CCOC(CNC(=O)c1cc(Sc2ccc(C)cc2)nc2ccccc12)OCC. The fourth-order valence-electron chi connectivity index (χ4n) is 2.93. The third kappa shape index (κ3) is 5.79. The lowest BCUT2D eigenvalue weighted by atomic mass is 10.1. The summed E-state index contributed by atoms with van der Waals surface area (Å²) in [7, 11) is 0. The van der Waals surface area contributed by atoms with Crippen LogP contribution in [0, 0.1) is 6.92 Å². The summed E-state index contributed by atoms with van der Waals surface area (Å²) in [6, 6.07) is 17.8. The van der Waals surface area contributed by atoms with Crippen LogP contribution in [0.3, 0.4) is 0 Å². The molecule has 0 spiro atoms. The number of nitrogens with one attached hydrogen (secondary N) is 1. The molecule has 0 atom stereocenters. The van der Waals surface area contributed by atoms with Crippen molar-refractivity contribution in [3.8, 4) is 0 Å². The number of aryl methyl sites for hydroxylation is 1. The zero-order valence-corrected chi connectivity index (χ0v) is 17.8. The van der Waals surface area contributed by atoms with Gasteiger partial charge in [-0.15, -0.1) is 0 Å². The van der Waals surface area contributed by atoms with Crippen molar-refractivity contribution in [1.82, 2.24) is 10.3 Å². The van der Waals surface area contributed by atoms with Crippen molar-refractivity contribution >= 4 is 28.6 Å². The van der Waals surface area contributed by atoms with E-state index in [0.717, 1.165) is 20.8 Å². The van der Waals surface area contributed by atoms with Crippen LogP contribution in [0.2, 0.25) is 0 Å². The molecule has 152 valence electrons. The molecule has 0 aliphatic carbocycles. The largest absolute Gasteiger partial charge is 0.351 e. The third-order valence-corrected chi connectivity index (χ3v) is 5.24. The van der Waals surface area contributed by atoms with Crippen LogP contribution in [0.5, 0.6) is 0 Å². The second-order valence-corrected chi connectivity index (χ2v) is 7.58. The third-order valence-electron chi connectivity index (χ3n) is 4.32. The lowest BCUT2D eigenvalue weighted by Gasteiger charge is -2.18. The number of ether oxygens (including phenoxy) is 2. The molecule has 0 aliphatic rings. The van der Waals surface area contributed by atoms with Gasteiger partial charge in [-0.1, -0.05) is 47.7 Å². The Morgan fingerprint density at radius 1 is 1.07 bits per heavy atom. The van der Waals surface area contributed by atoms with Gasteiger partial charge in [0.15, 0.2) is 6.29 Å². The summed E-state index contributed by atoms with van der Waals surface area (Å²) in [4.78, 5) is 18.8. The zero-order valence-electron chi connectivity index (χ0n) is 17.0. The van der Waals surface area contributed by atoms with E-state index in [1.165, 1.54) is 5.56 Å². The van der Waals surface area contributed by atoms with Crippen LogP contribution in [0.1, 0.15) is 29.8 Å². The highest BCUT2D eigenvalue weighted by molar-refractivity contribution is 7.99. The highest BCUT2D eigenvalue weighted by Crippen LogP contribution is 2.30. The Bertz CT molecular complexity index is 954. The van der Waals surface area contributed by atoms with Crippen molar-refractivity contribution in [3.05, 3.63) is 65.7 Å². The molecular weight excluding hydrogens is 384 g/mol. The minimum atomic E-state index is -0.455. The number of benzene rings is 2. The van der Waals surface area contributed by atoms with E-state index in [0.29, 0.717) is 18.8 Å². The van der Waals surface area contributed by atoms with E-state index in [-0.39, 0.29) is 12.5 Å². The fourth-order valence-corrected chi connectivity index (χ4v) is 3.76. The van der Waals surface area contributed by atoms with Crippen molar-refractivity contribution in [3.63, 3.8) is 0 Å². The Morgan fingerprint density at radius 3 is 2.45 bits per heavy atom. The van der Waals surface area contributed by atoms with Gasteiger partial charge in [0, 0.05) is 23.5 Å². The summed E-state index contributed by atoms with van der Waals surface area (Å²) in [5, 5.41) is 4.54. The molecule has 0 saturated heterocycles. The summed E-state index contributed by atoms with van der Waals surface area (Å²) in [6.45, 7) is 7.20. The quantitative estimate of drug-likeness (QED) is 0.512. The van der Waals surface area contributed by atoms with E-state index in [1.807, 2.05) is 44.2 Å². The molecule has 1 N–H and O–H groups in total. The van der Waals surface area contributed by atoms with E-state index in [4.69, 9.17) is 14.5 Å². The van der Waals surface area contributed by atoms with Crippen LogP contribution in [-0.2, 0) is 9.47 Å². The maximum absolute atomic E-state index is 13.0. The van der Waals surface area contributed by atoms with Gasteiger partial charge in [0.05, 0.1) is 17.6 Å². The van der Waals surface area contributed by atoms with Crippen LogP contribution < -0.4 is 5.32 Å². The molecule has 1 heterocycles. The number of rotatable bonds is 9. The molecular formula is C23H26N2O3S. The number of carbonyl (C=O) groups excluding carboxylic acids is 1. The van der Waals surface area contributed by atoms with Gasteiger partial charge in [0.25, 0.3) is 5.91 Å². The number of hydrogen-bond acceptors (Lipinski definition) is 5. The van der Waals surface area contributed by atoms with Crippen LogP contribution in [0.15, 0.2) is 64.5 Å². The molecule has 0 unspecified atom stereocenters. The standard InChI is InChI=1S/C23H26N2O3S/c1-4-27-22(28-5-2)15-24-23(26)19-14-21(25-20-9-7-6-8-18(19)20)29-17-12-10-16(3)11-13-17/h6-14,22H,4-5,15H2,1-3H3,(H,24,26). The molecule has 0 aliphatic heterocycles. The lowest BCUT2D eigenvalue weighted by Crippen LogP contribution is -2.35. The van der Waals surface area contributed by atoms with Gasteiger partial charge in [-0.2, -0.15) is 0 Å². The van der Waals surface area contributed by atoms with Crippen LogP contribution in [0.25, 0.3) is 10.9 Å². The number of aromatic nitrogens is 1. The van der Waals surface area contributed by atoms with Gasteiger partial charge in [-0.3, -0.25) is 4.79 Å². The first-order valence-electron chi connectivity index (χ1n) is 9.76. The van der Waals surface area contributed by atoms with E-state index < -0.39 is 6.29 Å². The first-order chi connectivity index (χ1) is 14.1. The molecule has 1 aromatic heterocycles. The predicted molar refractivity (Wildman–Crippen MR) is 116 cm³/mol. The number of pyridine rings is 1. The van der Waals surface area contributed by atoms with Crippen LogP contribution in [0.4, 0.5) is 0 Å². The molecule has 0 bridgehead atoms. The van der Waals surface area contributed by atoms with Crippen LogP contribution in [-0.4, -0.2) is 36.9 Å². The van der Waals surface area contributed by atoms with Gasteiger partial charge < -0.3 is 14.8 Å². The Morgan fingerprint density at radius 2 is 1.76 bits per heavy atom. The second kappa shape index (κ2) is 10.4. The number of carbonyl (C=O) groups is 1. The van der Waals surface area contributed by atoms with Gasteiger partial charge in [-0.05, 0) is 45.0 Å². The number of amides is 1. The normalized spacial score (nSPS) is 11.2. The summed E-state index contributed by atoms with van der Waals surface area (Å²) >= 11 is 1.54.